The molecule has 0 fully saturated rings. The van der Waals surface area contributed by atoms with Crippen LogP contribution < -0.4 is 10.1 Å². The molecule has 2 aromatic rings. The number of halogens is 2. The fraction of sp³-hybridized carbons (Fsp3) is 0.214. The van der Waals surface area contributed by atoms with Crippen LogP contribution in [0.5, 0.6) is 5.75 Å². The fourth-order valence-electron chi connectivity index (χ4n) is 1.85. The summed E-state index contributed by atoms with van der Waals surface area (Å²) in [6.07, 6.45) is 3.86. The molecule has 106 valence electrons. The Bertz CT molecular complexity index is 597. The number of benzene rings is 1. The molecule has 1 aromatic carbocycles. The lowest BCUT2D eigenvalue weighted by Crippen LogP contribution is -2.27. The molecule has 1 aromatic heterocycles. The number of nitrogens with zero attached hydrogens (tertiary/aromatic N) is 1. The topological polar surface area (TPSA) is 43.3 Å². The summed E-state index contributed by atoms with van der Waals surface area (Å²) in [6.45, 7) is 1.17. The van der Waals surface area contributed by atoms with Crippen LogP contribution in [0.4, 0.5) is 0 Å². The number of aromatic nitrogens is 1. The lowest BCUT2D eigenvalue weighted by atomic mass is 10.2. The lowest BCUT2D eigenvalue weighted by Gasteiger charge is -2.12. The number of carbonyl (C=O) groups excluding carboxylic acids is 1. The normalized spacial score (nSPS) is 10.3. The van der Waals surface area contributed by atoms with E-state index in [0.717, 1.165) is 0 Å². The minimum atomic E-state index is -0.304. The zero-order valence-corrected chi connectivity index (χ0v) is 12.4. The van der Waals surface area contributed by atoms with Crippen molar-refractivity contribution in [3.05, 3.63) is 52.3 Å². The highest BCUT2D eigenvalue weighted by molar-refractivity contribution is 6.37. The van der Waals surface area contributed by atoms with Gasteiger partial charge in [-0.2, -0.15) is 0 Å². The molecule has 0 radical (unpaired) electrons. The highest BCUT2D eigenvalue weighted by atomic mass is 35.5. The molecule has 0 aliphatic heterocycles. The minimum Gasteiger partial charge on any atom is -0.494 e. The van der Waals surface area contributed by atoms with E-state index in [0.29, 0.717) is 23.1 Å². The quantitative estimate of drug-likeness (QED) is 0.921. The molecule has 0 spiro atoms. The van der Waals surface area contributed by atoms with Crippen LogP contribution in [0.1, 0.15) is 10.4 Å². The molecule has 2 rings (SSSR count). The van der Waals surface area contributed by atoms with Gasteiger partial charge < -0.3 is 14.6 Å². The Balaban J connectivity index is 2.07. The van der Waals surface area contributed by atoms with Gasteiger partial charge in [0.1, 0.15) is 5.56 Å². The van der Waals surface area contributed by atoms with Crippen molar-refractivity contribution in [3.8, 4) is 5.75 Å². The summed E-state index contributed by atoms with van der Waals surface area (Å²) < 4.78 is 7.12. The molecule has 0 atom stereocenters. The third-order valence-electron chi connectivity index (χ3n) is 2.81. The van der Waals surface area contributed by atoms with Crippen LogP contribution in [-0.2, 0) is 6.54 Å². The first-order chi connectivity index (χ1) is 9.63. The van der Waals surface area contributed by atoms with E-state index in [4.69, 9.17) is 27.9 Å². The largest absolute Gasteiger partial charge is 0.494 e. The van der Waals surface area contributed by atoms with Crippen LogP contribution >= 0.6 is 23.2 Å². The second-order valence-corrected chi connectivity index (χ2v) is 4.93. The first-order valence-electron chi connectivity index (χ1n) is 6.04. The third kappa shape index (κ3) is 3.26. The van der Waals surface area contributed by atoms with E-state index in [-0.39, 0.29) is 17.2 Å². The SMILES string of the molecule is COc1c(Cl)ccc(Cl)c1C(=O)NCCn1cccc1. The van der Waals surface area contributed by atoms with Crippen LogP contribution in [0.15, 0.2) is 36.7 Å². The first kappa shape index (κ1) is 14.8. The first-order valence-corrected chi connectivity index (χ1v) is 6.80. The van der Waals surface area contributed by atoms with E-state index in [2.05, 4.69) is 5.32 Å². The van der Waals surface area contributed by atoms with Crippen LogP contribution in [0.25, 0.3) is 0 Å². The molecule has 1 amide bonds. The average molecular weight is 313 g/mol. The Morgan fingerprint density at radius 3 is 2.55 bits per heavy atom. The predicted molar refractivity (Wildman–Crippen MR) is 79.8 cm³/mol. The van der Waals surface area contributed by atoms with Crippen molar-refractivity contribution in [2.24, 2.45) is 0 Å². The van der Waals surface area contributed by atoms with Crippen molar-refractivity contribution in [1.29, 1.82) is 0 Å². The van der Waals surface area contributed by atoms with Crippen LogP contribution in [0.2, 0.25) is 10.0 Å². The Labute approximate surface area is 127 Å². The van der Waals surface area contributed by atoms with Gasteiger partial charge in [-0.25, -0.2) is 0 Å². The number of hydrogen-bond acceptors (Lipinski definition) is 2. The molecule has 20 heavy (non-hydrogen) atoms. The van der Waals surface area contributed by atoms with Gasteiger partial charge in [-0.05, 0) is 24.3 Å². The number of methoxy groups -OCH3 is 1. The number of amides is 1. The van der Waals surface area contributed by atoms with Gasteiger partial charge in [-0.15, -0.1) is 0 Å². The van der Waals surface area contributed by atoms with E-state index in [9.17, 15) is 4.79 Å². The predicted octanol–water partition coefficient (Wildman–Crippen LogP) is 3.23. The maximum atomic E-state index is 12.2. The molecule has 0 saturated heterocycles. The molecule has 1 N–H and O–H groups in total. The third-order valence-corrected chi connectivity index (χ3v) is 3.42. The van der Waals surface area contributed by atoms with Gasteiger partial charge in [0, 0.05) is 25.5 Å². The van der Waals surface area contributed by atoms with Gasteiger partial charge in [-0.1, -0.05) is 23.2 Å². The number of rotatable bonds is 5. The summed E-state index contributed by atoms with van der Waals surface area (Å²) in [7, 11) is 1.45. The summed E-state index contributed by atoms with van der Waals surface area (Å²) in [5.74, 6) is -0.0147. The van der Waals surface area contributed by atoms with Gasteiger partial charge in [0.15, 0.2) is 5.75 Å². The van der Waals surface area contributed by atoms with Crippen molar-refractivity contribution < 1.29 is 9.53 Å². The number of nitrogens with one attached hydrogen (secondary N) is 1. The number of carbonyl (C=O) groups is 1. The van der Waals surface area contributed by atoms with Crippen molar-refractivity contribution in [1.82, 2.24) is 9.88 Å². The second kappa shape index (κ2) is 6.68. The zero-order chi connectivity index (χ0) is 14.5. The molecule has 1 heterocycles. The summed E-state index contributed by atoms with van der Waals surface area (Å²) in [5, 5.41) is 3.46. The van der Waals surface area contributed by atoms with E-state index in [1.807, 2.05) is 29.1 Å². The van der Waals surface area contributed by atoms with Crippen molar-refractivity contribution >= 4 is 29.1 Å². The monoisotopic (exact) mass is 312 g/mol. The fourth-order valence-corrected chi connectivity index (χ4v) is 2.32. The van der Waals surface area contributed by atoms with E-state index in [1.165, 1.54) is 7.11 Å². The molecule has 6 heteroatoms. The summed E-state index contributed by atoms with van der Waals surface area (Å²) in [5.41, 5.74) is 0.258. The maximum Gasteiger partial charge on any atom is 0.256 e. The summed E-state index contributed by atoms with van der Waals surface area (Å²) in [4.78, 5) is 12.2. The highest BCUT2D eigenvalue weighted by Gasteiger charge is 2.18. The second-order valence-electron chi connectivity index (χ2n) is 4.11. The molecule has 0 bridgehead atoms. The van der Waals surface area contributed by atoms with Gasteiger partial charge >= 0.3 is 0 Å². The number of ether oxygens (including phenoxy) is 1. The van der Waals surface area contributed by atoms with Crippen molar-refractivity contribution in [3.63, 3.8) is 0 Å². The molecular formula is C14H14Cl2N2O2. The Morgan fingerprint density at radius 1 is 1.25 bits per heavy atom. The van der Waals surface area contributed by atoms with Crippen molar-refractivity contribution in [2.45, 2.75) is 6.54 Å². The van der Waals surface area contributed by atoms with E-state index < -0.39 is 0 Å². The molecular weight excluding hydrogens is 299 g/mol. The molecule has 0 unspecified atom stereocenters. The number of hydrogen-bond donors (Lipinski definition) is 1. The maximum absolute atomic E-state index is 12.2. The van der Waals surface area contributed by atoms with Gasteiger partial charge in [0.25, 0.3) is 5.91 Å². The van der Waals surface area contributed by atoms with E-state index in [1.54, 1.807) is 12.1 Å². The van der Waals surface area contributed by atoms with Crippen LogP contribution in [0, 0.1) is 0 Å². The van der Waals surface area contributed by atoms with Crippen LogP contribution in [0.3, 0.4) is 0 Å². The van der Waals surface area contributed by atoms with Gasteiger partial charge in [0.2, 0.25) is 0 Å². The standard InChI is InChI=1S/C14H14Cl2N2O2/c1-20-13-11(16)5-4-10(15)12(13)14(19)17-6-9-18-7-2-3-8-18/h2-5,7-8H,6,9H2,1H3,(H,17,19). The van der Waals surface area contributed by atoms with Gasteiger partial charge in [0.05, 0.1) is 17.2 Å². The minimum absolute atomic E-state index is 0.258. The Hall–Kier alpha value is -1.65. The van der Waals surface area contributed by atoms with E-state index >= 15 is 0 Å². The average Bonchev–Trinajstić information content (AvgIpc) is 2.94. The summed E-state index contributed by atoms with van der Waals surface area (Å²) >= 11 is 12.0. The molecule has 4 nitrogen and oxygen atoms in total. The molecule has 0 aliphatic carbocycles. The smallest absolute Gasteiger partial charge is 0.256 e. The Kier molecular flexibility index (Phi) is 4.93. The lowest BCUT2D eigenvalue weighted by molar-refractivity contribution is 0.0949. The molecule has 0 saturated carbocycles. The van der Waals surface area contributed by atoms with Crippen molar-refractivity contribution in [2.75, 3.05) is 13.7 Å². The Morgan fingerprint density at radius 2 is 1.90 bits per heavy atom. The zero-order valence-electron chi connectivity index (χ0n) is 10.9. The van der Waals surface area contributed by atoms with Gasteiger partial charge in [-0.3, -0.25) is 4.79 Å². The highest BCUT2D eigenvalue weighted by Crippen LogP contribution is 2.33. The molecule has 0 aliphatic rings. The summed E-state index contributed by atoms with van der Waals surface area (Å²) in [6, 6.07) is 7.03. The van der Waals surface area contributed by atoms with Crippen LogP contribution in [-0.4, -0.2) is 24.1 Å².